The minimum absolute atomic E-state index is 0.0278. The highest BCUT2D eigenvalue weighted by Gasteiger charge is 2.22. The molecule has 0 saturated heterocycles. The van der Waals surface area contributed by atoms with Crippen LogP contribution in [0.3, 0.4) is 0 Å². The maximum atomic E-state index is 11.2. The van der Waals surface area contributed by atoms with E-state index in [2.05, 4.69) is 15.9 Å². The van der Waals surface area contributed by atoms with Gasteiger partial charge in [-0.25, -0.2) is 13.2 Å². The fourth-order valence-corrected chi connectivity index (χ4v) is 2.85. The van der Waals surface area contributed by atoms with E-state index in [1.807, 2.05) is 0 Å². The van der Waals surface area contributed by atoms with E-state index in [1.165, 1.54) is 13.2 Å². The van der Waals surface area contributed by atoms with Crippen LogP contribution in [0.4, 0.5) is 0 Å². The fraction of sp³-hybridized carbons (Fsp3) is 0.125. The van der Waals surface area contributed by atoms with Gasteiger partial charge in [-0.2, -0.15) is 0 Å². The van der Waals surface area contributed by atoms with Gasteiger partial charge in [0.1, 0.15) is 4.90 Å². The topological polar surface area (TPSA) is 80.7 Å². The Balaban J connectivity index is 3.62. The largest absolute Gasteiger partial charge is 0.494 e. The van der Waals surface area contributed by atoms with Crippen molar-refractivity contribution < 1.29 is 23.1 Å². The molecule has 1 rings (SSSR count). The van der Waals surface area contributed by atoms with Gasteiger partial charge in [-0.15, -0.1) is 0 Å². The number of carboxylic acid groups (broad SMARTS) is 1. The van der Waals surface area contributed by atoms with Crippen molar-refractivity contribution in [3.8, 4) is 5.75 Å². The van der Waals surface area contributed by atoms with Gasteiger partial charge in [-0.3, -0.25) is 0 Å². The number of rotatable bonds is 3. The van der Waals surface area contributed by atoms with Crippen LogP contribution >= 0.6 is 26.6 Å². The molecular weight excluding hydrogens is 324 g/mol. The van der Waals surface area contributed by atoms with E-state index >= 15 is 0 Å². The molecule has 16 heavy (non-hydrogen) atoms. The van der Waals surface area contributed by atoms with Crippen LogP contribution < -0.4 is 4.74 Å². The van der Waals surface area contributed by atoms with E-state index in [1.54, 1.807) is 0 Å². The molecule has 0 aromatic heterocycles. The third-order valence-corrected chi connectivity index (χ3v) is 3.64. The van der Waals surface area contributed by atoms with Gasteiger partial charge in [0, 0.05) is 10.7 Å². The third-order valence-electron chi connectivity index (χ3n) is 1.72. The van der Waals surface area contributed by atoms with E-state index in [0.29, 0.717) is 0 Å². The van der Waals surface area contributed by atoms with Crippen LogP contribution in [0.25, 0.3) is 0 Å². The number of carbonyl (C=O) groups is 1. The molecule has 0 aliphatic carbocycles. The average Bonchev–Trinajstić information content (AvgIpc) is 2.14. The van der Waals surface area contributed by atoms with Gasteiger partial charge in [0.25, 0.3) is 9.05 Å². The van der Waals surface area contributed by atoms with Crippen molar-refractivity contribution in [3.63, 3.8) is 0 Å². The monoisotopic (exact) mass is 328 g/mol. The molecule has 0 saturated carbocycles. The molecule has 0 heterocycles. The lowest BCUT2D eigenvalue weighted by Gasteiger charge is -2.08. The van der Waals surface area contributed by atoms with Crippen LogP contribution in [0, 0.1) is 0 Å². The van der Waals surface area contributed by atoms with Crippen molar-refractivity contribution in [2.45, 2.75) is 4.90 Å². The van der Waals surface area contributed by atoms with E-state index in [0.717, 1.165) is 6.07 Å². The summed E-state index contributed by atoms with van der Waals surface area (Å²) in [5.41, 5.74) is -0.202. The lowest BCUT2D eigenvalue weighted by atomic mass is 10.2. The first-order valence-electron chi connectivity index (χ1n) is 3.83. The molecule has 1 aromatic carbocycles. The zero-order valence-corrected chi connectivity index (χ0v) is 11.1. The molecule has 0 fully saturated rings. The van der Waals surface area contributed by atoms with Crippen molar-refractivity contribution in [3.05, 3.63) is 22.2 Å². The van der Waals surface area contributed by atoms with Crippen LogP contribution in [0.1, 0.15) is 10.4 Å². The van der Waals surface area contributed by atoms with Crippen LogP contribution in [0.2, 0.25) is 0 Å². The van der Waals surface area contributed by atoms with E-state index < -0.39 is 15.0 Å². The average molecular weight is 330 g/mol. The van der Waals surface area contributed by atoms with Gasteiger partial charge in [0.15, 0.2) is 5.75 Å². The Hall–Kier alpha value is -0.790. The maximum absolute atomic E-state index is 11.2. The highest BCUT2D eigenvalue weighted by molar-refractivity contribution is 9.10. The Morgan fingerprint density at radius 3 is 2.44 bits per heavy atom. The van der Waals surface area contributed by atoms with Gasteiger partial charge in [-0.05, 0) is 28.1 Å². The minimum atomic E-state index is -4.07. The molecule has 0 radical (unpaired) electrons. The zero-order valence-electron chi connectivity index (χ0n) is 7.90. The summed E-state index contributed by atoms with van der Waals surface area (Å²) in [6.07, 6.45) is 0. The molecule has 0 bridgehead atoms. The molecule has 0 aliphatic rings. The SMILES string of the molecule is COc1c(Br)cc(C(=O)O)cc1S(=O)(=O)Cl. The summed E-state index contributed by atoms with van der Waals surface area (Å²) in [5, 5.41) is 8.76. The Morgan fingerprint density at radius 2 is 2.06 bits per heavy atom. The third kappa shape index (κ3) is 2.66. The fourth-order valence-electron chi connectivity index (χ4n) is 1.07. The second-order valence-corrected chi connectivity index (χ2v) is 6.12. The molecule has 1 aromatic rings. The smallest absolute Gasteiger partial charge is 0.335 e. The molecule has 8 heteroatoms. The first kappa shape index (κ1) is 13.3. The van der Waals surface area contributed by atoms with Crippen LogP contribution in [0.15, 0.2) is 21.5 Å². The van der Waals surface area contributed by atoms with Crippen molar-refractivity contribution in [1.29, 1.82) is 0 Å². The number of benzene rings is 1. The molecular formula is C8H6BrClO5S. The molecule has 0 spiro atoms. The van der Waals surface area contributed by atoms with E-state index in [-0.39, 0.29) is 20.7 Å². The number of hydrogen-bond acceptors (Lipinski definition) is 4. The molecule has 1 N–H and O–H groups in total. The number of hydrogen-bond donors (Lipinski definition) is 1. The summed E-state index contributed by atoms with van der Waals surface area (Å²) in [5.74, 6) is -1.29. The Kier molecular flexibility index (Phi) is 3.82. The van der Waals surface area contributed by atoms with E-state index in [4.69, 9.17) is 20.5 Å². The molecule has 0 atom stereocenters. The van der Waals surface area contributed by atoms with Crippen molar-refractivity contribution in [2.24, 2.45) is 0 Å². The molecule has 0 unspecified atom stereocenters. The highest BCUT2D eigenvalue weighted by atomic mass is 79.9. The van der Waals surface area contributed by atoms with Crippen molar-refractivity contribution in [2.75, 3.05) is 7.11 Å². The van der Waals surface area contributed by atoms with Gasteiger partial charge in [0.2, 0.25) is 0 Å². The van der Waals surface area contributed by atoms with E-state index in [9.17, 15) is 13.2 Å². The van der Waals surface area contributed by atoms with Crippen LogP contribution in [-0.4, -0.2) is 26.6 Å². The first-order chi connectivity index (χ1) is 7.27. The number of aromatic carboxylic acids is 1. The van der Waals surface area contributed by atoms with Crippen molar-refractivity contribution in [1.82, 2.24) is 0 Å². The number of methoxy groups -OCH3 is 1. The minimum Gasteiger partial charge on any atom is -0.494 e. The molecule has 88 valence electrons. The lowest BCUT2D eigenvalue weighted by Crippen LogP contribution is -2.03. The summed E-state index contributed by atoms with van der Waals surface area (Å²) in [7, 11) is 2.36. The summed E-state index contributed by atoms with van der Waals surface area (Å²) in [6.45, 7) is 0. The van der Waals surface area contributed by atoms with Crippen molar-refractivity contribution >= 4 is 41.6 Å². The zero-order chi connectivity index (χ0) is 12.5. The summed E-state index contributed by atoms with van der Waals surface area (Å²) < 4.78 is 27.5. The van der Waals surface area contributed by atoms with Gasteiger partial charge in [0.05, 0.1) is 17.1 Å². The second kappa shape index (κ2) is 4.60. The Labute approximate surface area is 105 Å². The number of halogens is 2. The number of ether oxygens (including phenoxy) is 1. The van der Waals surface area contributed by atoms with Gasteiger partial charge >= 0.3 is 5.97 Å². The number of carboxylic acids is 1. The Morgan fingerprint density at radius 1 is 1.50 bits per heavy atom. The summed E-state index contributed by atoms with van der Waals surface area (Å²) >= 11 is 3.01. The second-order valence-electron chi connectivity index (χ2n) is 2.73. The van der Waals surface area contributed by atoms with Gasteiger partial charge in [-0.1, -0.05) is 0 Å². The standard InChI is InChI=1S/C8H6BrClO5S/c1-15-7-5(9)2-4(8(11)12)3-6(7)16(10,13)14/h2-3H,1H3,(H,11,12). The predicted octanol–water partition coefficient (Wildman–Crippen LogP) is 2.08. The summed E-state index contributed by atoms with van der Waals surface area (Å²) in [6, 6.07) is 2.17. The highest BCUT2D eigenvalue weighted by Crippen LogP contribution is 2.35. The Bertz CT molecular complexity index is 540. The molecule has 5 nitrogen and oxygen atoms in total. The molecule has 0 amide bonds. The molecule has 0 aliphatic heterocycles. The van der Waals surface area contributed by atoms with Crippen LogP contribution in [-0.2, 0) is 9.05 Å². The summed E-state index contributed by atoms with van der Waals surface area (Å²) in [4.78, 5) is 10.3. The predicted molar refractivity (Wildman–Crippen MR) is 60.7 cm³/mol. The van der Waals surface area contributed by atoms with Crippen LogP contribution in [0.5, 0.6) is 5.75 Å². The maximum Gasteiger partial charge on any atom is 0.335 e. The normalized spacial score (nSPS) is 11.2. The van der Waals surface area contributed by atoms with Gasteiger partial charge < -0.3 is 9.84 Å². The quantitative estimate of drug-likeness (QED) is 0.859. The first-order valence-corrected chi connectivity index (χ1v) is 6.93. The lowest BCUT2D eigenvalue weighted by molar-refractivity contribution is 0.0696.